The van der Waals surface area contributed by atoms with Gasteiger partial charge in [-0.05, 0) is 30.5 Å². The van der Waals surface area contributed by atoms with E-state index in [4.69, 9.17) is 11.6 Å². The van der Waals surface area contributed by atoms with Gasteiger partial charge in [-0.1, -0.05) is 0 Å². The van der Waals surface area contributed by atoms with Gasteiger partial charge in [-0.3, -0.25) is 5.10 Å². The molecule has 0 bridgehead atoms. The molecule has 90 valence electrons. The Morgan fingerprint density at radius 2 is 2.12 bits per heavy atom. The van der Waals surface area contributed by atoms with Crippen LogP contribution in [0.1, 0.15) is 12.8 Å². The lowest BCUT2D eigenvalue weighted by Crippen LogP contribution is -1.94. The van der Waals surface area contributed by atoms with Crippen LogP contribution < -0.4 is 5.32 Å². The maximum Gasteiger partial charge on any atom is 0.224 e. The maximum atomic E-state index is 11.1. The van der Waals surface area contributed by atoms with Crippen LogP contribution >= 0.6 is 11.6 Å². The van der Waals surface area contributed by atoms with E-state index in [0.717, 1.165) is 18.7 Å². The third-order valence-electron chi connectivity index (χ3n) is 1.90. The van der Waals surface area contributed by atoms with E-state index in [-0.39, 0.29) is 5.28 Å². The summed E-state index contributed by atoms with van der Waals surface area (Å²) >= 11 is 5.60. The van der Waals surface area contributed by atoms with Gasteiger partial charge >= 0.3 is 0 Å². The lowest BCUT2D eigenvalue weighted by Gasteiger charge is -2.00. The van der Waals surface area contributed by atoms with E-state index >= 15 is 0 Å². The Balaban J connectivity index is 0.000000228. The van der Waals surface area contributed by atoms with Crippen LogP contribution in [0.5, 0.6) is 0 Å². The number of halogens is 2. The van der Waals surface area contributed by atoms with Gasteiger partial charge in [-0.15, -0.1) is 0 Å². The van der Waals surface area contributed by atoms with Gasteiger partial charge in [0.1, 0.15) is 17.8 Å². The number of aromatic amines is 1. The van der Waals surface area contributed by atoms with Gasteiger partial charge in [-0.2, -0.15) is 5.10 Å². The molecule has 2 aromatic rings. The number of H-pyrrole nitrogens is 1. The smallest absolute Gasteiger partial charge is 0.224 e. The molecule has 7 heteroatoms. The molecule has 0 radical (unpaired) electrons. The third-order valence-corrected chi connectivity index (χ3v) is 2.08. The Morgan fingerprint density at radius 1 is 1.35 bits per heavy atom. The minimum absolute atomic E-state index is 0.213. The highest BCUT2D eigenvalue weighted by atomic mass is 35.5. The molecule has 1 fully saturated rings. The van der Waals surface area contributed by atoms with Crippen molar-refractivity contribution in [3.05, 3.63) is 29.8 Å². The molecule has 1 saturated carbocycles. The molecule has 1 aliphatic carbocycles. The fourth-order valence-corrected chi connectivity index (χ4v) is 1.08. The number of aromatic nitrogens is 4. The predicted octanol–water partition coefficient (Wildman–Crippen LogP) is 2.71. The van der Waals surface area contributed by atoms with Gasteiger partial charge < -0.3 is 5.32 Å². The molecule has 0 aromatic carbocycles. The van der Waals surface area contributed by atoms with Crippen molar-refractivity contribution in [1.82, 2.24) is 20.2 Å². The number of hydrogen-bond donors (Lipinski definition) is 2. The average Bonchev–Trinajstić information content (AvgIpc) is 2.92. The highest BCUT2D eigenvalue weighted by Gasteiger charge is 2.18. The lowest BCUT2D eigenvalue weighted by molar-refractivity contribution is 0.480. The maximum absolute atomic E-state index is 11.1. The zero-order valence-corrected chi connectivity index (χ0v) is 9.65. The molecule has 5 nitrogen and oxygen atoms in total. The Hall–Kier alpha value is -1.69. The summed E-state index contributed by atoms with van der Waals surface area (Å²) in [6, 6.07) is 3.50. The summed E-state index contributed by atoms with van der Waals surface area (Å²) in [6.45, 7) is 0. The number of rotatable bonds is 2. The minimum Gasteiger partial charge on any atom is -0.325 e. The van der Waals surface area contributed by atoms with Crippen molar-refractivity contribution in [2.45, 2.75) is 19.0 Å². The Bertz CT molecular complexity index is 457. The van der Waals surface area contributed by atoms with Crippen LogP contribution in [-0.2, 0) is 0 Å². The van der Waals surface area contributed by atoms with Crippen molar-refractivity contribution in [2.75, 3.05) is 5.32 Å². The predicted molar refractivity (Wildman–Crippen MR) is 63.0 cm³/mol. The SMILES string of the molecule is Clc1nccc(Nc2ccn[nH]2)n1.FC1CC1. The molecule has 3 rings (SSSR count). The van der Waals surface area contributed by atoms with Crippen LogP contribution in [0.4, 0.5) is 16.0 Å². The van der Waals surface area contributed by atoms with Crippen molar-refractivity contribution in [3.8, 4) is 0 Å². The van der Waals surface area contributed by atoms with Gasteiger partial charge in [-0.25, -0.2) is 14.4 Å². The number of anilines is 2. The minimum atomic E-state index is -0.417. The summed E-state index contributed by atoms with van der Waals surface area (Å²) in [5.41, 5.74) is 0. The highest BCUT2D eigenvalue weighted by Crippen LogP contribution is 2.22. The van der Waals surface area contributed by atoms with Gasteiger partial charge in [0, 0.05) is 12.3 Å². The van der Waals surface area contributed by atoms with Gasteiger partial charge in [0.05, 0.1) is 6.20 Å². The summed E-state index contributed by atoms with van der Waals surface area (Å²) in [6.07, 6.45) is 4.44. The fourth-order valence-electron chi connectivity index (χ4n) is 0.931. The van der Waals surface area contributed by atoms with Crippen molar-refractivity contribution in [3.63, 3.8) is 0 Å². The van der Waals surface area contributed by atoms with Crippen LogP contribution in [0, 0.1) is 0 Å². The van der Waals surface area contributed by atoms with Crippen LogP contribution in [-0.4, -0.2) is 26.3 Å². The lowest BCUT2D eigenvalue weighted by atomic mass is 10.5. The zero-order valence-electron chi connectivity index (χ0n) is 8.90. The first-order valence-electron chi connectivity index (χ1n) is 5.13. The summed E-state index contributed by atoms with van der Waals surface area (Å²) in [5, 5.41) is 9.70. The monoisotopic (exact) mass is 255 g/mol. The quantitative estimate of drug-likeness (QED) is 0.810. The Kier molecular flexibility index (Phi) is 3.87. The largest absolute Gasteiger partial charge is 0.325 e. The van der Waals surface area contributed by atoms with E-state index in [9.17, 15) is 4.39 Å². The first-order valence-corrected chi connectivity index (χ1v) is 5.51. The van der Waals surface area contributed by atoms with Crippen molar-refractivity contribution < 1.29 is 4.39 Å². The zero-order chi connectivity index (χ0) is 12.1. The molecule has 1 aliphatic rings. The Morgan fingerprint density at radius 3 is 2.65 bits per heavy atom. The number of nitrogens with one attached hydrogen (secondary N) is 2. The standard InChI is InChI=1S/C7H6ClN5.C3H5F/c8-7-9-3-1-5(12-7)11-6-2-4-10-13-6;4-3-1-2-3/h1-4H,(H2,9,10,11,12,13);3H,1-2H2. The topological polar surface area (TPSA) is 66.5 Å². The summed E-state index contributed by atoms with van der Waals surface area (Å²) in [7, 11) is 0. The number of alkyl halides is 1. The molecule has 0 spiro atoms. The molecular formula is C10H11ClFN5. The summed E-state index contributed by atoms with van der Waals surface area (Å²) in [4.78, 5) is 7.70. The second-order valence-electron chi connectivity index (χ2n) is 3.48. The molecule has 0 atom stereocenters. The first-order chi connectivity index (χ1) is 8.24. The third kappa shape index (κ3) is 4.36. The summed E-state index contributed by atoms with van der Waals surface area (Å²) in [5.74, 6) is 1.39. The molecule has 17 heavy (non-hydrogen) atoms. The second-order valence-corrected chi connectivity index (χ2v) is 3.82. The molecular weight excluding hydrogens is 245 g/mol. The van der Waals surface area contributed by atoms with Gasteiger partial charge in [0.15, 0.2) is 0 Å². The molecule has 0 aliphatic heterocycles. The van der Waals surface area contributed by atoms with Crippen LogP contribution in [0.15, 0.2) is 24.5 Å². The fraction of sp³-hybridized carbons (Fsp3) is 0.300. The van der Waals surface area contributed by atoms with Gasteiger partial charge in [0.25, 0.3) is 0 Å². The average molecular weight is 256 g/mol. The summed E-state index contributed by atoms with van der Waals surface area (Å²) < 4.78 is 11.1. The molecule has 0 unspecified atom stereocenters. The number of nitrogens with zero attached hydrogens (tertiary/aromatic N) is 3. The first kappa shape index (κ1) is 11.8. The Labute approximate surface area is 102 Å². The van der Waals surface area contributed by atoms with E-state index in [2.05, 4.69) is 25.5 Å². The van der Waals surface area contributed by atoms with E-state index < -0.39 is 6.17 Å². The molecule has 2 aromatic heterocycles. The molecule has 0 amide bonds. The van der Waals surface area contributed by atoms with E-state index in [1.165, 1.54) is 0 Å². The van der Waals surface area contributed by atoms with Crippen molar-refractivity contribution >= 4 is 23.2 Å². The van der Waals surface area contributed by atoms with Crippen molar-refractivity contribution in [2.24, 2.45) is 0 Å². The van der Waals surface area contributed by atoms with Gasteiger partial charge in [0.2, 0.25) is 5.28 Å². The molecule has 2 N–H and O–H groups in total. The van der Waals surface area contributed by atoms with Crippen LogP contribution in [0.2, 0.25) is 5.28 Å². The van der Waals surface area contributed by atoms with E-state index in [0.29, 0.717) is 5.82 Å². The van der Waals surface area contributed by atoms with E-state index in [1.54, 1.807) is 24.5 Å². The van der Waals surface area contributed by atoms with Crippen LogP contribution in [0.3, 0.4) is 0 Å². The normalized spacial score (nSPS) is 13.8. The second kappa shape index (κ2) is 5.58. The van der Waals surface area contributed by atoms with Crippen LogP contribution in [0.25, 0.3) is 0 Å². The van der Waals surface area contributed by atoms with E-state index in [1.807, 2.05) is 0 Å². The number of hydrogen-bond acceptors (Lipinski definition) is 4. The van der Waals surface area contributed by atoms with Crippen molar-refractivity contribution in [1.29, 1.82) is 0 Å². The highest BCUT2D eigenvalue weighted by molar-refractivity contribution is 6.28. The molecule has 0 saturated heterocycles. The molecule has 2 heterocycles.